The van der Waals surface area contributed by atoms with Gasteiger partial charge in [-0.1, -0.05) is 146 Å². The molecule has 0 radical (unpaired) electrons. The molecule has 0 nitrogen and oxygen atoms in total. The van der Waals surface area contributed by atoms with E-state index in [1.807, 2.05) is 11.3 Å². The molecule has 8 aromatic carbocycles. The first-order chi connectivity index (χ1) is 20.4. The highest BCUT2D eigenvalue weighted by molar-refractivity contribution is 7.27. The first-order valence-electron chi connectivity index (χ1n) is 14.1. The minimum atomic E-state index is 1.27. The SMILES string of the molecule is c1ccc2c(-c3c4ccccc4c(-c4cccc5c4sc4c6ccccc6ccc54)c4ccccc34)cccc2c1. The molecule has 1 aromatic heterocycles. The molecule has 0 atom stereocenters. The Morgan fingerprint density at radius 1 is 0.268 bits per heavy atom. The van der Waals surface area contributed by atoms with Crippen LogP contribution in [0, 0.1) is 0 Å². The first-order valence-corrected chi connectivity index (χ1v) is 14.9. The van der Waals surface area contributed by atoms with E-state index in [9.17, 15) is 0 Å². The molecule has 0 spiro atoms. The van der Waals surface area contributed by atoms with Gasteiger partial charge in [-0.2, -0.15) is 0 Å². The third-order valence-corrected chi connectivity index (χ3v) is 9.94. The molecule has 0 unspecified atom stereocenters. The summed E-state index contributed by atoms with van der Waals surface area (Å²) < 4.78 is 2.72. The van der Waals surface area contributed by atoms with E-state index in [1.165, 1.54) is 85.5 Å². The molecule has 0 amide bonds. The van der Waals surface area contributed by atoms with E-state index in [4.69, 9.17) is 0 Å². The Morgan fingerprint density at radius 3 is 1.39 bits per heavy atom. The number of benzene rings is 8. The molecule has 0 aliphatic heterocycles. The van der Waals surface area contributed by atoms with E-state index in [-0.39, 0.29) is 0 Å². The van der Waals surface area contributed by atoms with Crippen LogP contribution in [-0.2, 0) is 0 Å². The summed E-state index contributed by atoms with van der Waals surface area (Å²) in [5, 5.41) is 13.0. The van der Waals surface area contributed by atoms with Crippen LogP contribution in [0.5, 0.6) is 0 Å². The predicted molar refractivity (Wildman–Crippen MR) is 180 cm³/mol. The van der Waals surface area contributed by atoms with Crippen LogP contribution >= 0.6 is 11.3 Å². The van der Waals surface area contributed by atoms with E-state index < -0.39 is 0 Å². The second kappa shape index (κ2) is 8.76. The molecule has 0 bridgehead atoms. The lowest BCUT2D eigenvalue weighted by atomic mass is 9.84. The Hall–Kier alpha value is -4.98. The molecule has 0 aliphatic carbocycles. The van der Waals surface area contributed by atoms with Crippen molar-refractivity contribution in [2.75, 3.05) is 0 Å². The summed E-state index contributed by atoms with van der Waals surface area (Å²) in [4.78, 5) is 0. The van der Waals surface area contributed by atoms with Crippen molar-refractivity contribution >= 4 is 74.6 Å². The number of thiophene rings is 1. The van der Waals surface area contributed by atoms with Crippen molar-refractivity contribution < 1.29 is 0 Å². The van der Waals surface area contributed by atoms with Crippen LogP contribution in [-0.4, -0.2) is 0 Å². The standard InChI is InChI=1S/C40H24S/c1-3-14-27-25(11-1)13-9-20-29(27)37-30-16-5-7-18-32(30)38(33-19-8-6-17-31(33)37)36-22-10-21-34-35-24-23-26-12-2-4-15-28(26)39(35)41-40(34)36/h1-24H. The highest BCUT2D eigenvalue weighted by atomic mass is 32.1. The van der Waals surface area contributed by atoms with E-state index in [0.717, 1.165) is 0 Å². The Morgan fingerprint density at radius 2 is 0.707 bits per heavy atom. The number of fused-ring (bicyclic) bond motifs is 8. The van der Waals surface area contributed by atoms with Gasteiger partial charge in [-0.25, -0.2) is 0 Å². The van der Waals surface area contributed by atoms with Gasteiger partial charge < -0.3 is 0 Å². The lowest BCUT2D eigenvalue weighted by Gasteiger charge is -2.19. The molecule has 1 heterocycles. The van der Waals surface area contributed by atoms with E-state index >= 15 is 0 Å². The summed E-state index contributed by atoms with van der Waals surface area (Å²) in [5.41, 5.74) is 5.23. The monoisotopic (exact) mass is 536 g/mol. The summed E-state index contributed by atoms with van der Waals surface area (Å²) >= 11 is 1.93. The van der Waals surface area contributed by atoms with Crippen LogP contribution in [0.4, 0.5) is 0 Å². The number of rotatable bonds is 2. The van der Waals surface area contributed by atoms with Crippen LogP contribution < -0.4 is 0 Å². The van der Waals surface area contributed by atoms with Gasteiger partial charge in [-0.3, -0.25) is 0 Å². The second-order valence-electron chi connectivity index (χ2n) is 10.8. The Balaban J connectivity index is 1.45. The zero-order valence-electron chi connectivity index (χ0n) is 22.3. The lowest BCUT2D eigenvalue weighted by molar-refractivity contribution is 1.69. The molecule has 41 heavy (non-hydrogen) atoms. The fourth-order valence-corrected chi connectivity index (χ4v) is 8.23. The van der Waals surface area contributed by atoms with Gasteiger partial charge in [0.05, 0.1) is 0 Å². The van der Waals surface area contributed by atoms with Gasteiger partial charge in [0.25, 0.3) is 0 Å². The molecule has 9 aromatic rings. The zero-order valence-corrected chi connectivity index (χ0v) is 23.1. The molecular weight excluding hydrogens is 513 g/mol. The third kappa shape index (κ3) is 3.27. The Bertz CT molecular complexity index is 2410. The number of hydrogen-bond acceptors (Lipinski definition) is 1. The topological polar surface area (TPSA) is 0 Å². The molecule has 0 fully saturated rings. The van der Waals surface area contributed by atoms with Crippen LogP contribution in [0.1, 0.15) is 0 Å². The number of hydrogen-bond donors (Lipinski definition) is 0. The fraction of sp³-hybridized carbons (Fsp3) is 0. The smallest absolute Gasteiger partial charge is 0.0434 e. The van der Waals surface area contributed by atoms with Gasteiger partial charge >= 0.3 is 0 Å². The van der Waals surface area contributed by atoms with Gasteiger partial charge in [-0.15, -0.1) is 11.3 Å². The molecule has 0 aliphatic rings. The summed E-state index contributed by atoms with van der Waals surface area (Å²) in [6, 6.07) is 53.6. The van der Waals surface area contributed by atoms with Gasteiger partial charge in [0.2, 0.25) is 0 Å². The van der Waals surface area contributed by atoms with Crippen molar-refractivity contribution in [1.29, 1.82) is 0 Å². The summed E-state index contributed by atoms with van der Waals surface area (Å²) in [6.45, 7) is 0. The van der Waals surface area contributed by atoms with Gasteiger partial charge in [0.15, 0.2) is 0 Å². The largest absolute Gasteiger partial charge is 0.134 e. The van der Waals surface area contributed by atoms with Crippen molar-refractivity contribution in [1.82, 2.24) is 0 Å². The maximum absolute atomic E-state index is 2.33. The maximum Gasteiger partial charge on any atom is 0.0434 e. The van der Waals surface area contributed by atoms with E-state index in [1.54, 1.807) is 0 Å². The predicted octanol–water partition coefficient (Wildman–Crippen LogP) is 12.0. The minimum Gasteiger partial charge on any atom is -0.134 e. The average molecular weight is 537 g/mol. The molecule has 9 rings (SSSR count). The average Bonchev–Trinajstić information content (AvgIpc) is 3.43. The maximum atomic E-state index is 2.33. The van der Waals surface area contributed by atoms with Crippen molar-refractivity contribution in [3.05, 3.63) is 146 Å². The van der Waals surface area contributed by atoms with Crippen LogP contribution in [0.2, 0.25) is 0 Å². The molecular formula is C40H24S. The zero-order chi connectivity index (χ0) is 26.9. The molecule has 190 valence electrons. The fourth-order valence-electron chi connectivity index (χ4n) is 6.88. The van der Waals surface area contributed by atoms with E-state index in [2.05, 4.69) is 146 Å². The molecule has 0 saturated heterocycles. The second-order valence-corrected chi connectivity index (χ2v) is 11.8. The Kier molecular flexibility index (Phi) is 4.87. The molecule has 0 saturated carbocycles. The van der Waals surface area contributed by atoms with Crippen LogP contribution in [0.3, 0.4) is 0 Å². The third-order valence-electron chi connectivity index (χ3n) is 8.65. The summed E-state index contributed by atoms with van der Waals surface area (Å²) in [6.07, 6.45) is 0. The highest BCUT2D eigenvalue weighted by Crippen LogP contribution is 2.49. The lowest BCUT2D eigenvalue weighted by Crippen LogP contribution is -1.91. The Labute approximate surface area is 241 Å². The molecule has 1 heteroatoms. The van der Waals surface area contributed by atoms with Gasteiger partial charge in [-0.05, 0) is 59.8 Å². The van der Waals surface area contributed by atoms with Crippen molar-refractivity contribution in [3.8, 4) is 22.3 Å². The normalized spacial score (nSPS) is 11.9. The quantitative estimate of drug-likeness (QED) is 0.193. The van der Waals surface area contributed by atoms with Crippen LogP contribution in [0.25, 0.3) is 85.5 Å². The molecule has 0 N–H and O–H groups in total. The van der Waals surface area contributed by atoms with Crippen molar-refractivity contribution in [2.24, 2.45) is 0 Å². The van der Waals surface area contributed by atoms with Crippen molar-refractivity contribution in [3.63, 3.8) is 0 Å². The van der Waals surface area contributed by atoms with E-state index in [0.29, 0.717) is 0 Å². The summed E-state index contributed by atoms with van der Waals surface area (Å²) in [5.74, 6) is 0. The van der Waals surface area contributed by atoms with Gasteiger partial charge in [0, 0.05) is 25.7 Å². The first kappa shape index (κ1) is 22.8. The van der Waals surface area contributed by atoms with Crippen molar-refractivity contribution in [2.45, 2.75) is 0 Å². The highest BCUT2D eigenvalue weighted by Gasteiger charge is 2.20. The van der Waals surface area contributed by atoms with Gasteiger partial charge in [0.1, 0.15) is 0 Å². The minimum absolute atomic E-state index is 1.27. The van der Waals surface area contributed by atoms with Crippen LogP contribution in [0.15, 0.2) is 146 Å². The summed E-state index contributed by atoms with van der Waals surface area (Å²) in [7, 11) is 0.